The molecule has 0 bridgehead atoms. The van der Waals surface area contributed by atoms with Crippen LogP contribution in [0.1, 0.15) is 19.8 Å². The lowest BCUT2D eigenvalue weighted by atomic mass is 10.3. The van der Waals surface area contributed by atoms with Crippen molar-refractivity contribution in [1.29, 1.82) is 0 Å². The molecule has 0 aliphatic rings. The molecular weight excluding hydrogens is 284 g/mol. The van der Waals surface area contributed by atoms with Crippen LogP contribution in [0.25, 0.3) is 0 Å². The molecular formula is C11H19BrN4O. The van der Waals surface area contributed by atoms with E-state index in [-0.39, 0.29) is 0 Å². The predicted molar refractivity (Wildman–Crippen MR) is 73.5 cm³/mol. The van der Waals surface area contributed by atoms with Crippen molar-refractivity contribution in [2.45, 2.75) is 19.8 Å². The molecule has 5 nitrogen and oxygen atoms in total. The first-order chi connectivity index (χ1) is 8.27. The zero-order valence-electron chi connectivity index (χ0n) is 10.3. The van der Waals surface area contributed by atoms with Crippen molar-refractivity contribution in [3.05, 3.63) is 10.7 Å². The topological polar surface area (TPSA) is 59.1 Å². The number of rotatable bonds is 8. The third-order valence-electron chi connectivity index (χ3n) is 2.15. The summed E-state index contributed by atoms with van der Waals surface area (Å²) in [6, 6.07) is 0. The van der Waals surface area contributed by atoms with Crippen molar-refractivity contribution in [1.82, 2.24) is 9.97 Å². The monoisotopic (exact) mass is 302 g/mol. The van der Waals surface area contributed by atoms with E-state index in [1.165, 1.54) is 0 Å². The van der Waals surface area contributed by atoms with Crippen LogP contribution >= 0.6 is 15.9 Å². The van der Waals surface area contributed by atoms with Crippen LogP contribution in [0, 0.1) is 0 Å². The Kier molecular flexibility index (Phi) is 6.88. The van der Waals surface area contributed by atoms with Crippen molar-refractivity contribution < 1.29 is 4.74 Å². The lowest BCUT2D eigenvalue weighted by Gasteiger charge is -2.09. The quantitative estimate of drug-likeness (QED) is 0.723. The molecule has 96 valence electrons. The maximum atomic E-state index is 5.00. The first kappa shape index (κ1) is 14.2. The first-order valence-electron chi connectivity index (χ1n) is 5.77. The maximum absolute atomic E-state index is 5.00. The first-order valence-corrected chi connectivity index (χ1v) is 6.56. The molecule has 0 saturated carbocycles. The molecule has 0 atom stereocenters. The lowest BCUT2D eigenvalue weighted by molar-refractivity contribution is 0.194. The molecule has 1 aromatic rings. The van der Waals surface area contributed by atoms with Crippen molar-refractivity contribution in [3.8, 4) is 0 Å². The van der Waals surface area contributed by atoms with Crippen LogP contribution in [0.3, 0.4) is 0 Å². The van der Waals surface area contributed by atoms with Gasteiger partial charge in [0.2, 0.25) is 5.95 Å². The van der Waals surface area contributed by atoms with Crippen LogP contribution in [-0.2, 0) is 4.74 Å². The minimum absolute atomic E-state index is 0.648. The number of unbranched alkanes of at least 4 members (excludes halogenated alkanes) is 1. The minimum atomic E-state index is 0.648. The zero-order valence-corrected chi connectivity index (χ0v) is 11.9. The van der Waals surface area contributed by atoms with E-state index in [0.717, 1.165) is 42.8 Å². The van der Waals surface area contributed by atoms with Crippen molar-refractivity contribution in [2.24, 2.45) is 0 Å². The highest BCUT2D eigenvalue weighted by Crippen LogP contribution is 2.19. The van der Waals surface area contributed by atoms with Gasteiger partial charge in [-0.1, -0.05) is 0 Å². The summed E-state index contributed by atoms with van der Waals surface area (Å²) in [5, 5.41) is 6.36. The highest BCUT2D eigenvalue weighted by molar-refractivity contribution is 9.10. The third-order valence-corrected chi connectivity index (χ3v) is 2.73. The Morgan fingerprint density at radius 2 is 2.18 bits per heavy atom. The van der Waals surface area contributed by atoms with E-state index in [9.17, 15) is 0 Å². The molecule has 0 aliphatic heterocycles. The van der Waals surface area contributed by atoms with E-state index >= 15 is 0 Å². The summed E-state index contributed by atoms with van der Waals surface area (Å²) in [5.74, 6) is 1.48. The second kappa shape index (κ2) is 8.25. The van der Waals surface area contributed by atoms with Crippen LogP contribution < -0.4 is 10.6 Å². The standard InChI is InChI=1S/C11H19BrN4O/c1-3-13-11-15-8-9(12)10(16-11)14-6-4-5-7-17-2/h8H,3-7H2,1-2H3,(H2,13,14,15,16). The Morgan fingerprint density at radius 3 is 2.88 bits per heavy atom. The van der Waals surface area contributed by atoms with E-state index in [4.69, 9.17) is 4.74 Å². The average molecular weight is 303 g/mol. The average Bonchev–Trinajstić information content (AvgIpc) is 2.33. The second-order valence-corrected chi connectivity index (χ2v) is 4.40. The normalized spacial score (nSPS) is 10.3. The van der Waals surface area contributed by atoms with Gasteiger partial charge in [-0.15, -0.1) is 0 Å². The van der Waals surface area contributed by atoms with E-state index in [1.54, 1.807) is 13.3 Å². The Balaban J connectivity index is 2.42. The number of nitrogens with one attached hydrogen (secondary N) is 2. The SMILES string of the molecule is CCNc1ncc(Br)c(NCCCCOC)n1. The van der Waals surface area contributed by atoms with Gasteiger partial charge in [-0.05, 0) is 35.7 Å². The fraction of sp³-hybridized carbons (Fsp3) is 0.636. The molecule has 0 fully saturated rings. The molecule has 1 heterocycles. The number of hydrogen-bond acceptors (Lipinski definition) is 5. The summed E-state index contributed by atoms with van der Waals surface area (Å²) in [7, 11) is 1.72. The van der Waals surface area contributed by atoms with Gasteiger partial charge in [0.15, 0.2) is 0 Å². The van der Waals surface area contributed by atoms with Crippen molar-refractivity contribution in [3.63, 3.8) is 0 Å². The van der Waals surface area contributed by atoms with Crippen LogP contribution in [0.2, 0.25) is 0 Å². The van der Waals surface area contributed by atoms with E-state index in [1.807, 2.05) is 6.92 Å². The minimum Gasteiger partial charge on any atom is -0.385 e. The predicted octanol–water partition coefficient (Wildman–Crippen LogP) is 2.51. The van der Waals surface area contributed by atoms with Gasteiger partial charge in [0.25, 0.3) is 0 Å². The molecule has 0 aliphatic carbocycles. The van der Waals surface area contributed by atoms with Gasteiger partial charge in [-0.3, -0.25) is 0 Å². The molecule has 0 aromatic carbocycles. The largest absolute Gasteiger partial charge is 0.385 e. The fourth-order valence-electron chi connectivity index (χ4n) is 1.31. The Bertz CT molecular complexity index is 335. The number of aromatic nitrogens is 2. The summed E-state index contributed by atoms with van der Waals surface area (Å²) in [6.07, 6.45) is 3.86. The second-order valence-electron chi connectivity index (χ2n) is 3.55. The molecule has 0 saturated heterocycles. The highest BCUT2D eigenvalue weighted by Gasteiger charge is 2.03. The molecule has 1 aromatic heterocycles. The van der Waals surface area contributed by atoms with Crippen LogP contribution in [0.5, 0.6) is 0 Å². The molecule has 0 amide bonds. The number of ether oxygens (including phenoxy) is 1. The zero-order chi connectivity index (χ0) is 12.5. The molecule has 0 radical (unpaired) electrons. The van der Waals surface area contributed by atoms with Gasteiger partial charge < -0.3 is 15.4 Å². The molecule has 1 rings (SSSR count). The van der Waals surface area contributed by atoms with Gasteiger partial charge in [-0.25, -0.2) is 4.98 Å². The molecule has 0 unspecified atom stereocenters. The molecule has 2 N–H and O–H groups in total. The molecule has 17 heavy (non-hydrogen) atoms. The Hall–Kier alpha value is -0.880. The summed E-state index contributed by atoms with van der Waals surface area (Å²) >= 11 is 3.42. The van der Waals surface area contributed by atoms with Crippen LogP contribution in [0.4, 0.5) is 11.8 Å². The van der Waals surface area contributed by atoms with Gasteiger partial charge in [0, 0.05) is 33.0 Å². The number of hydrogen-bond donors (Lipinski definition) is 2. The summed E-state index contributed by atoms with van der Waals surface area (Å²) in [4.78, 5) is 8.53. The van der Waals surface area contributed by atoms with E-state index in [0.29, 0.717) is 5.95 Å². The van der Waals surface area contributed by atoms with Crippen LogP contribution in [0.15, 0.2) is 10.7 Å². The van der Waals surface area contributed by atoms with Crippen LogP contribution in [-0.4, -0.2) is 36.8 Å². The Morgan fingerprint density at radius 1 is 1.35 bits per heavy atom. The highest BCUT2D eigenvalue weighted by atomic mass is 79.9. The van der Waals surface area contributed by atoms with E-state index in [2.05, 4.69) is 36.5 Å². The number of anilines is 2. The van der Waals surface area contributed by atoms with Gasteiger partial charge in [0.1, 0.15) is 5.82 Å². The maximum Gasteiger partial charge on any atom is 0.224 e. The number of methoxy groups -OCH3 is 1. The summed E-state index contributed by atoms with van der Waals surface area (Å²) < 4.78 is 5.88. The molecule has 0 spiro atoms. The van der Waals surface area contributed by atoms with Gasteiger partial charge in [0.05, 0.1) is 4.47 Å². The van der Waals surface area contributed by atoms with Gasteiger partial charge >= 0.3 is 0 Å². The van der Waals surface area contributed by atoms with Crippen molar-refractivity contribution in [2.75, 3.05) is 37.4 Å². The number of halogens is 1. The Labute approximate surface area is 111 Å². The fourth-order valence-corrected chi connectivity index (χ4v) is 1.64. The smallest absolute Gasteiger partial charge is 0.224 e. The van der Waals surface area contributed by atoms with Gasteiger partial charge in [-0.2, -0.15) is 4.98 Å². The van der Waals surface area contributed by atoms with E-state index < -0.39 is 0 Å². The summed E-state index contributed by atoms with van der Waals surface area (Å²) in [5.41, 5.74) is 0. The van der Waals surface area contributed by atoms with Crippen molar-refractivity contribution >= 4 is 27.7 Å². The summed E-state index contributed by atoms with van der Waals surface area (Å²) in [6.45, 7) is 4.51. The third kappa shape index (κ3) is 5.32. The number of nitrogens with zero attached hydrogens (tertiary/aromatic N) is 2. The molecule has 6 heteroatoms. The lowest BCUT2D eigenvalue weighted by Crippen LogP contribution is -2.08.